The molecule has 40 atom stereocenters. The molecule has 22 fully saturated rings. The molecule has 88 heavy (non-hydrogen) atoms. The Bertz CT molecular complexity index is 2130. The Balaban J connectivity index is 1.02. The van der Waals surface area contributed by atoms with Gasteiger partial charge >= 0.3 is 0 Å². The van der Waals surface area contributed by atoms with Gasteiger partial charge in [0.25, 0.3) is 0 Å². The number of rotatable bonds is 10. The van der Waals surface area contributed by atoms with Crippen LogP contribution in [-0.4, -0.2) is 421 Å². The van der Waals surface area contributed by atoms with E-state index < -0.39 is 299 Å². The Morgan fingerprint density at radius 1 is 0.182 bits per heavy atom. The van der Waals surface area contributed by atoms with Crippen molar-refractivity contribution in [2.24, 2.45) is 0 Å². The van der Waals surface area contributed by atoms with Gasteiger partial charge in [-0.3, -0.25) is 0 Å². The maximum absolute atomic E-state index is 11.8. The first-order valence-electron chi connectivity index (χ1n) is 28.1. The van der Waals surface area contributed by atoms with Gasteiger partial charge in [-0.2, -0.15) is 0 Å². The van der Waals surface area contributed by atoms with Crippen molar-refractivity contribution in [1.29, 1.82) is 0 Å². The van der Waals surface area contributed by atoms with Crippen molar-refractivity contribution in [3.63, 3.8) is 0 Å². The van der Waals surface area contributed by atoms with Crippen LogP contribution in [0.15, 0.2) is 0 Å². The highest BCUT2D eigenvalue weighted by atomic mass is 16.8. The van der Waals surface area contributed by atoms with Crippen molar-refractivity contribution in [2.75, 3.05) is 52.9 Å². The van der Waals surface area contributed by atoms with E-state index in [9.17, 15) is 123 Å². The molecule has 0 unspecified atom stereocenters. The molecule has 0 radical (unpaired) electrons. The molecule has 22 saturated heterocycles. The molecule has 0 aromatic heterocycles. The van der Waals surface area contributed by atoms with Gasteiger partial charge in [0.1, 0.15) is 195 Å². The van der Waals surface area contributed by atoms with E-state index in [4.69, 9.17) is 75.8 Å². The molecular formula is C48H80O40. The summed E-state index contributed by atoms with van der Waals surface area (Å²) >= 11 is 0. The topological polar surface area (TPSA) is 633 Å². The minimum absolute atomic E-state index is 0.919. The fraction of sp³-hybridized carbons (Fsp3) is 1.00. The second-order valence-corrected chi connectivity index (χ2v) is 22.5. The lowest BCUT2D eigenvalue weighted by Crippen LogP contribution is -2.68. The van der Waals surface area contributed by atoms with E-state index in [0.29, 0.717) is 0 Å². The Hall–Kier alpha value is -1.60. The van der Waals surface area contributed by atoms with Crippen LogP contribution in [-0.2, 0) is 75.8 Å². The summed E-state index contributed by atoms with van der Waals surface area (Å²) in [6.07, 6.45) is -82.6. The largest absolute Gasteiger partial charge is 0.394 e. The highest BCUT2D eigenvalue weighted by Crippen LogP contribution is 2.39. The Morgan fingerprint density at radius 2 is 0.375 bits per heavy atom. The van der Waals surface area contributed by atoms with Gasteiger partial charge in [-0.1, -0.05) is 0 Å². The van der Waals surface area contributed by atoms with Crippen LogP contribution < -0.4 is 0 Å². The summed E-state index contributed by atoms with van der Waals surface area (Å²) < 4.78 is 91.6. The van der Waals surface area contributed by atoms with E-state index in [1.807, 2.05) is 0 Å². The van der Waals surface area contributed by atoms with Crippen molar-refractivity contribution >= 4 is 0 Å². The lowest BCUT2D eigenvalue weighted by Gasteiger charge is -2.50. The van der Waals surface area contributed by atoms with Gasteiger partial charge in [-0.15, -0.1) is 0 Å². The molecule has 40 nitrogen and oxygen atoms in total. The summed E-state index contributed by atoms with van der Waals surface area (Å²) in [5, 5.41) is 265. The standard InChI is InChI=1S/C48H80O40/c49-1-9-17(56)18(57)26(65)41(74-9)73-8-16-40-25(64)33(72)48(81-16)87-39-15(7-55)79-46(31(70)23(39)62)85-37-13(5-53)77-44(29(68)21(37)60)83-35-11(3-51)75-42(27(66)19(35)58)82-34-10(2-50)76-43(28(67)20(34)59)84-36-12(4-52)78-45(30(69)22(36)61)86-38-14(6-54)80-47(88-40)32(71)24(38)63/h9-72H,1-8H2/t9-,10-,11-,12-,13-,14-,15-,16-,17+,18+,19-,20-,21-,22-,23-,24-,25-,26-,27-,28-,29-,30-,31-,32-,33-,34-,35-,36-,37-,38-,39-,40-,41+,42-,43-,44-,45-,46-,47-,48-/m1/s1. The maximum Gasteiger partial charge on any atom is 0.187 e. The van der Waals surface area contributed by atoms with E-state index in [1.54, 1.807) is 0 Å². The highest BCUT2D eigenvalue weighted by molar-refractivity contribution is 5.02. The first kappa shape index (κ1) is 70.7. The average molecular weight is 1300 g/mol. The monoisotopic (exact) mass is 1300 g/mol. The zero-order valence-corrected chi connectivity index (χ0v) is 46.0. The smallest absolute Gasteiger partial charge is 0.187 e. The molecule has 40 heteroatoms. The summed E-state index contributed by atoms with van der Waals surface area (Å²) in [6.45, 7) is -8.51. The molecule has 22 heterocycles. The molecule has 22 rings (SSSR count). The molecule has 0 aliphatic carbocycles. The van der Waals surface area contributed by atoms with E-state index in [-0.39, 0.29) is 0 Å². The van der Waals surface area contributed by atoms with Gasteiger partial charge in [0.05, 0.1) is 52.9 Å². The fourth-order valence-corrected chi connectivity index (χ4v) is 11.8. The quantitative estimate of drug-likeness (QED) is 0.0966. The SMILES string of the molecule is OC[C@H]1O[C@H](OC[C@H]2O[C@@H]3O[C@H]4[C@H](O)[C@@H](O)[C@@H](O[C@H]5[C@H](O)[C@@H](O)[C@@H](O[C@H]6[C@H](O)[C@@H](O)[C@@H](O[C@H]7[C@H](O)[C@@H](O)[C@@H](O[C@H]8[C@H](O)[C@@H](O)[C@@H](O[C@H]9[C@H](O)[C@@H](O)[C@@H](O[C@H]2[C@H](O)[C@H]3O)O[C@@H]9CO)O[C@@H]8CO)O[C@@H]7CO)O[C@@H]6CO)O[C@@H]5CO)O[C@@H]4CO)[C@H](O)[C@@H](O)[C@H]1O. The summed E-state index contributed by atoms with van der Waals surface area (Å²) in [6, 6.07) is 0. The fourth-order valence-electron chi connectivity index (χ4n) is 11.8. The highest BCUT2D eigenvalue weighted by Gasteiger charge is 2.60. The Morgan fingerprint density at radius 3 is 0.580 bits per heavy atom. The molecule has 14 bridgehead atoms. The van der Waals surface area contributed by atoms with Gasteiger partial charge in [0, 0.05) is 0 Å². The first-order valence-corrected chi connectivity index (χ1v) is 28.1. The lowest BCUT2D eigenvalue weighted by molar-refractivity contribution is -0.399. The number of hydrogen-bond acceptors (Lipinski definition) is 40. The van der Waals surface area contributed by atoms with Crippen molar-refractivity contribution in [3.8, 4) is 0 Å². The molecule has 512 valence electrons. The third-order valence-electron chi connectivity index (χ3n) is 16.9. The number of hydrogen-bond donors (Lipinski definition) is 24. The van der Waals surface area contributed by atoms with Gasteiger partial charge in [-0.25, -0.2) is 0 Å². The molecule has 22 aliphatic rings. The normalized spacial score (nSPS) is 55.2. The molecule has 0 saturated carbocycles. The number of aliphatic hydroxyl groups excluding tert-OH is 24. The average Bonchev–Trinajstić information content (AvgIpc) is 2.18. The molecule has 0 aromatic rings. The predicted octanol–water partition coefficient (Wildman–Crippen LogP) is -17.4. The summed E-state index contributed by atoms with van der Waals surface area (Å²) in [5.41, 5.74) is 0. The van der Waals surface area contributed by atoms with Crippen LogP contribution in [0.5, 0.6) is 0 Å². The molecule has 0 aromatic carbocycles. The summed E-state index contributed by atoms with van der Waals surface area (Å²) in [4.78, 5) is 0. The van der Waals surface area contributed by atoms with Gasteiger partial charge in [-0.05, 0) is 0 Å². The van der Waals surface area contributed by atoms with E-state index in [1.165, 1.54) is 0 Å². The maximum atomic E-state index is 11.8. The first-order chi connectivity index (χ1) is 41.9. The van der Waals surface area contributed by atoms with Crippen LogP contribution in [0, 0.1) is 0 Å². The molecular weight excluding hydrogens is 1220 g/mol. The van der Waals surface area contributed by atoms with Crippen LogP contribution >= 0.6 is 0 Å². The van der Waals surface area contributed by atoms with E-state index in [0.717, 1.165) is 0 Å². The zero-order chi connectivity index (χ0) is 64.1. The van der Waals surface area contributed by atoms with Crippen molar-refractivity contribution in [1.82, 2.24) is 0 Å². The third-order valence-corrected chi connectivity index (χ3v) is 16.9. The zero-order valence-electron chi connectivity index (χ0n) is 46.0. The number of aliphatic hydroxyl groups is 24. The van der Waals surface area contributed by atoms with Crippen LogP contribution in [0.4, 0.5) is 0 Å². The minimum Gasteiger partial charge on any atom is -0.394 e. The molecule has 0 spiro atoms. The van der Waals surface area contributed by atoms with Crippen molar-refractivity contribution in [3.05, 3.63) is 0 Å². The lowest BCUT2D eigenvalue weighted by atomic mass is 9.95. The van der Waals surface area contributed by atoms with E-state index in [2.05, 4.69) is 0 Å². The Labute approximate surface area is 496 Å². The van der Waals surface area contributed by atoms with Crippen molar-refractivity contribution in [2.45, 2.75) is 246 Å². The Kier molecular flexibility index (Phi) is 24.1. The second-order valence-electron chi connectivity index (χ2n) is 22.5. The van der Waals surface area contributed by atoms with Crippen LogP contribution in [0.2, 0.25) is 0 Å². The van der Waals surface area contributed by atoms with Crippen LogP contribution in [0.25, 0.3) is 0 Å². The van der Waals surface area contributed by atoms with Crippen molar-refractivity contribution < 1.29 is 198 Å². The van der Waals surface area contributed by atoms with Crippen LogP contribution in [0.3, 0.4) is 0 Å². The summed E-state index contributed by atoms with van der Waals surface area (Å²) in [7, 11) is 0. The van der Waals surface area contributed by atoms with Crippen LogP contribution in [0.1, 0.15) is 0 Å². The number of ether oxygens (including phenoxy) is 16. The molecule has 24 N–H and O–H groups in total. The molecule has 22 aliphatic heterocycles. The third kappa shape index (κ3) is 13.9. The molecule has 0 amide bonds. The van der Waals surface area contributed by atoms with Gasteiger partial charge < -0.3 is 198 Å². The summed E-state index contributed by atoms with van der Waals surface area (Å²) in [5.74, 6) is 0. The van der Waals surface area contributed by atoms with E-state index >= 15 is 0 Å². The predicted molar refractivity (Wildman–Crippen MR) is 261 cm³/mol. The van der Waals surface area contributed by atoms with Gasteiger partial charge in [0.15, 0.2) is 50.3 Å². The van der Waals surface area contributed by atoms with Gasteiger partial charge in [0.2, 0.25) is 0 Å². The minimum atomic E-state index is -2.35. The second kappa shape index (κ2) is 30.0.